The van der Waals surface area contributed by atoms with Gasteiger partial charge in [0.25, 0.3) is 0 Å². The van der Waals surface area contributed by atoms with Gasteiger partial charge in [-0.1, -0.05) is 12.1 Å². The Bertz CT molecular complexity index is 705. The zero-order valence-electron chi connectivity index (χ0n) is 11.5. The lowest BCUT2D eigenvalue weighted by Gasteiger charge is -2.08. The average Bonchev–Trinajstić information content (AvgIpc) is 2.52. The number of ether oxygens (including phenoxy) is 2. The molecule has 0 aliphatic rings. The Kier molecular flexibility index (Phi) is 4.42. The van der Waals surface area contributed by atoms with Crippen LogP contribution in [0, 0.1) is 11.3 Å². The highest BCUT2D eigenvalue weighted by Gasteiger charge is 2.10. The summed E-state index contributed by atoms with van der Waals surface area (Å²) in [5, 5.41) is 8.81. The maximum absolute atomic E-state index is 11.9. The Balaban J connectivity index is 2.04. The molecule has 0 aliphatic heterocycles. The van der Waals surface area contributed by atoms with Gasteiger partial charge in [0, 0.05) is 0 Å². The molecule has 2 aromatic rings. The van der Waals surface area contributed by atoms with Crippen molar-refractivity contribution < 1.29 is 14.3 Å². The molecule has 0 saturated carbocycles. The van der Waals surface area contributed by atoms with Gasteiger partial charge in [0.2, 0.25) is 0 Å². The van der Waals surface area contributed by atoms with Crippen LogP contribution in [0.1, 0.15) is 21.5 Å². The van der Waals surface area contributed by atoms with Crippen LogP contribution < -0.4 is 10.5 Å². The molecular weight excluding hydrogens is 268 g/mol. The van der Waals surface area contributed by atoms with Crippen LogP contribution >= 0.6 is 0 Å². The number of nitrogens with zero attached hydrogens (tertiary/aromatic N) is 1. The van der Waals surface area contributed by atoms with E-state index >= 15 is 0 Å². The number of nitrogens with two attached hydrogens (primary N) is 1. The largest absolute Gasteiger partial charge is 0.495 e. The molecule has 0 spiro atoms. The molecule has 2 aromatic carbocycles. The van der Waals surface area contributed by atoms with E-state index in [-0.39, 0.29) is 6.61 Å². The number of carbonyl (C=O) groups excluding carboxylic acids is 1. The molecule has 0 aliphatic carbocycles. The zero-order valence-corrected chi connectivity index (χ0v) is 11.5. The normalized spacial score (nSPS) is 9.71. The molecule has 0 heterocycles. The number of hydrogen-bond acceptors (Lipinski definition) is 5. The fraction of sp³-hybridized carbons (Fsp3) is 0.125. The highest BCUT2D eigenvalue weighted by molar-refractivity contribution is 5.91. The fourth-order valence-corrected chi connectivity index (χ4v) is 1.82. The van der Waals surface area contributed by atoms with E-state index in [9.17, 15) is 4.79 Å². The van der Waals surface area contributed by atoms with Crippen LogP contribution in [-0.4, -0.2) is 13.1 Å². The number of nitrogen functional groups attached to an aromatic ring is 1. The van der Waals surface area contributed by atoms with Crippen LogP contribution in [0.25, 0.3) is 0 Å². The van der Waals surface area contributed by atoms with Gasteiger partial charge < -0.3 is 15.2 Å². The molecule has 5 nitrogen and oxygen atoms in total. The third-order valence-corrected chi connectivity index (χ3v) is 2.89. The van der Waals surface area contributed by atoms with E-state index in [1.807, 2.05) is 6.07 Å². The Morgan fingerprint density at radius 3 is 2.76 bits per heavy atom. The molecule has 0 fully saturated rings. The number of rotatable bonds is 4. The highest BCUT2D eigenvalue weighted by Crippen LogP contribution is 2.22. The summed E-state index contributed by atoms with van der Waals surface area (Å²) in [6, 6.07) is 13.6. The lowest BCUT2D eigenvalue weighted by Crippen LogP contribution is -2.06. The standard InChI is InChI=1S/C16H14N2O3/c1-20-15-6-5-13(8-14(15)18)16(19)21-10-12-4-2-3-11(7-12)9-17/h2-8H,10,18H2,1H3. The van der Waals surface area contributed by atoms with Gasteiger partial charge >= 0.3 is 5.97 Å². The van der Waals surface area contributed by atoms with Crippen LogP contribution in [0.5, 0.6) is 5.75 Å². The fourth-order valence-electron chi connectivity index (χ4n) is 1.82. The van der Waals surface area contributed by atoms with E-state index in [0.29, 0.717) is 22.6 Å². The minimum Gasteiger partial charge on any atom is -0.495 e. The highest BCUT2D eigenvalue weighted by atomic mass is 16.5. The number of benzene rings is 2. The first-order valence-electron chi connectivity index (χ1n) is 6.23. The number of carbonyl (C=O) groups is 1. The van der Waals surface area contributed by atoms with Gasteiger partial charge in [-0.05, 0) is 35.9 Å². The molecule has 0 amide bonds. The van der Waals surface area contributed by atoms with Crippen molar-refractivity contribution >= 4 is 11.7 Å². The van der Waals surface area contributed by atoms with Crippen molar-refractivity contribution in [3.63, 3.8) is 0 Å². The summed E-state index contributed by atoms with van der Waals surface area (Å²) in [4.78, 5) is 11.9. The van der Waals surface area contributed by atoms with Crippen molar-refractivity contribution in [3.05, 3.63) is 59.2 Å². The van der Waals surface area contributed by atoms with Gasteiger partial charge in [0.1, 0.15) is 12.4 Å². The molecule has 2 rings (SSSR count). The molecule has 0 unspecified atom stereocenters. The average molecular weight is 282 g/mol. The van der Waals surface area contributed by atoms with Crippen LogP contribution in [0.4, 0.5) is 5.69 Å². The molecule has 0 radical (unpaired) electrons. The molecule has 21 heavy (non-hydrogen) atoms. The summed E-state index contributed by atoms with van der Waals surface area (Å²) < 4.78 is 10.2. The second-order valence-electron chi connectivity index (χ2n) is 4.35. The predicted octanol–water partition coefficient (Wildman–Crippen LogP) is 2.51. The first-order chi connectivity index (χ1) is 10.1. The zero-order chi connectivity index (χ0) is 15.2. The van der Waals surface area contributed by atoms with E-state index in [4.69, 9.17) is 20.5 Å². The van der Waals surface area contributed by atoms with Crippen LogP contribution in [0.15, 0.2) is 42.5 Å². The van der Waals surface area contributed by atoms with Crippen molar-refractivity contribution in [1.82, 2.24) is 0 Å². The molecule has 106 valence electrons. The Hall–Kier alpha value is -3.00. The number of esters is 1. The second-order valence-corrected chi connectivity index (χ2v) is 4.35. The van der Waals surface area contributed by atoms with Gasteiger partial charge in [-0.15, -0.1) is 0 Å². The molecular formula is C16H14N2O3. The van der Waals surface area contributed by atoms with Gasteiger partial charge in [-0.3, -0.25) is 0 Å². The van der Waals surface area contributed by atoms with Gasteiger partial charge in [0.05, 0.1) is 30.0 Å². The monoisotopic (exact) mass is 282 g/mol. The van der Waals surface area contributed by atoms with Crippen LogP contribution in [0.2, 0.25) is 0 Å². The summed E-state index contributed by atoms with van der Waals surface area (Å²) in [5.41, 5.74) is 7.75. The van der Waals surface area contributed by atoms with Crippen molar-refractivity contribution in [1.29, 1.82) is 5.26 Å². The topological polar surface area (TPSA) is 85.3 Å². The predicted molar refractivity (Wildman–Crippen MR) is 77.7 cm³/mol. The Morgan fingerprint density at radius 2 is 2.10 bits per heavy atom. The number of nitriles is 1. The van der Waals surface area contributed by atoms with Crippen molar-refractivity contribution in [2.45, 2.75) is 6.61 Å². The summed E-state index contributed by atoms with van der Waals surface area (Å²) in [5.74, 6) is 0.0278. The SMILES string of the molecule is COc1ccc(C(=O)OCc2cccc(C#N)c2)cc1N. The van der Waals surface area contributed by atoms with E-state index in [0.717, 1.165) is 5.56 Å². The van der Waals surface area contributed by atoms with Crippen molar-refractivity contribution in [2.24, 2.45) is 0 Å². The third kappa shape index (κ3) is 3.51. The molecule has 0 atom stereocenters. The summed E-state index contributed by atoms with van der Waals surface area (Å²) in [7, 11) is 1.51. The number of hydrogen-bond donors (Lipinski definition) is 1. The lowest BCUT2D eigenvalue weighted by atomic mass is 10.1. The molecule has 0 aromatic heterocycles. The van der Waals surface area contributed by atoms with Gasteiger partial charge in [-0.2, -0.15) is 5.26 Å². The summed E-state index contributed by atoms with van der Waals surface area (Å²) >= 11 is 0. The van der Waals surface area contributed by atoms with E-state index < -0.39 is 5.97 Å². The second kappa shape index (κ2) is 6.44. The third-order valence-electron chi connectivity index (χ3n) is 2.89. The first kappa shape index (κ1) is 14.4. The molecule has 2 N–H and O–H groups in total. The van der Waals surface area contributed by atoms with E-state index in [1.165, 1.54) is 13.2 Å². The molecule has 0 saturated heterocycles. The van der Waals surface area contributed by atoms with Crippen LogP contribution in [-0.2, 0) is 11.3 Å². The van der Waals surface area contributed by atoms with Gasteiger partial charge in [-0.25, -0.2) is 4.79 Å². The van der Waals surface area contributed by atoms with Crippen molar-refractivity contribution in [2.75, 3.05) is 12.8 Å². The van der Waals surface area contributed by atoms with Crippen LogP contribution in [0.3, 0.4) is 0 Å². The quantitative estimate of drug-likeness (QED) is 0.688. The van der Waals surface area contributed by atoms with Crippen molar-refractivity contribution in [3.8, 4) is 11.8 Å². The summed E-state index contributed by atoms with van der Waals surface area (Å²) in [6.07, 6.45) is 0. The van der Waals surface area contributed by atoms with E-state index in [2.05, 4.69) is 0 Å². The minimum atomic E-state index is -0.480. The molecule has 0 bridgehead atoms. The first-order valence-corrected chi connectivity index (χ1v) is 6.23. The van der Waals surface area contributed by atoms with Gasteiger partial charge in [0.15, 0.2) is 0 Å². The maximum Gasteiger partial charge on any atom is 0.338 e. The number of anilines is 1. The summed E-state index contributed by atoms with van der Waals surface area (Å²) in [6.45, 7) is 0.0975. The lowest BCUT2D eigenvalue weighted by molar-refractivity contribution is 0.0472. The smallest absolute Gasteiger partial charge is 0.338 e. The minimum absolute atomic E-state index is 0.0975. The molecule has 5 heteroatoms. The van der Waals surface area contributed by atoms with E-state index in [1.54, 1.807) is 36.4 Å². The number of methoxy groups -OCH3 is 1. The maximum atomic E-state index is 11.9. The Labute approximate surface area is 122 Å². The Morgan fingerprint density at radius 1 is 1.29 bits per heavy atom.